The van der Waals surface area contributed by atoms with Gasteiger partial charge in [-0.05, 0) is 6.42 Å². The summed E-state index contributed by atoms with van der Waals surface area (Å²) in [6, 6.07) is 0. The Bertz CT molecular complexity index is 298. The van der Waals surface area contributed by atoms with Gasteiger partial charge in [-0.2, -0.15) is 0 Å². The van der Waals surface area contributed by atoms with Crippen LogP contribution in [0.2, 0.25) is 0 Å². The fourth-order valence-corrected chi connectivity index (χ4v) is 1.92. The van der Waals surface area contributed by atoms with Crippen LogP contribution in [0.1, 0.15) is 6.42 Å². The van der Waals surface area contributed by atoms with E-state index in [4.69, 9.17) is 5.11 Å². The predicted molar refractivity (Wildman–Crippen MR) is 46.9 cm³/mol. The number of carbonyl (C=O) groups is 1. The third-order valence-electron chi connectivity index (χ3n) is 1.90. The number of carbonyl (C=O) groups excluding carboxylic acids is 1. The molecule has 0 saturated carbocycles. The first-order valence-electron chi connectivity index (χ1n) is 4.02. The molecule has 1 saturated heterocycles. The number of sulfone groups is 1. The second kappa shape index (κ2) is 3.63. The van der Waals surface area contributed by atoms with Gasteiger partial charge < -0.3 is 10.0 Å². The van der Waals surface area contributed by atoms with E-state index in [2.05, 4.69) is 0 Å². The Kier molecular flexibility index (Phi) is 2.92. The molecule has 0 aromatic rings. The number of rotatable bonds is 2. The molecule has 1 rings (SSSR count). The average Bonchev–Trinajstić information content (AvgIpc) is 2.31. The second-order valence-electron chi connectivity index (χ2n) is 3.35. The number of amides is 1. The van der Waals surface area contributed by atoms with Crippen molar-refractivity contribution < 1.29 is 18.3 Å². The third kappa shape index (κ3) is 3.31. The van der Waals surface area contributed by atoms with Crippen LogP contribution in [-0.2, 0) is 14.6 Å². The van der Waals surface area contributed by atoms with E-state index < -0.39 is 27.6 Å². The Morgan fingerprint density at radius 3 is 2.62 bits per heavy atom. The normalized spacial score (nSPS) is 23.5. The predicted octanol–water partition coefficient (Wildman–Crippen LogP) is -1.38. The molecule has 1 amide bonds. The van der Waals surface area contributed by atoms with Crippen LogP contribution in [0.3, 0.4) is 0 Å². The van der Waals surface area contributed by atoms with Crippen LogP contribution in [0.4, 0.5) is 0 Å². The molecule has 76 valence electrons. The van der Waals surface area contributed by atoms with Crippen LogP contribution in [0.15, 0.2) is 0 Å². The van der Waals surface area contributed by atoms with Gasteiger partial charge in [0, 0.05) is 19.3 Å². The molecule has 6 heteroatoms. The molecule has 1 N–H and O–H groups in total. The Morgan fingerprint density at radius 1 is 1.62 bits per heavy atom. The molecule has 0 aromatic carbocycles. The van der Waals surface area contributed by atoms with Gasteiger partial charge in [-0.15, -0.1) is 0 Å². The summed E-state index contributed by atoms with van der Waals surface area (Å²) in [5, 5.41) is 9.10. The topological polar surface area (TPSA) is 74.7 Å². The molecule has 13 heavy (non-hydrogen) atoms. The molecule has 1 aliphatic rings. The van der Waals surface area contributed by atoms with Gasteiger partial charge in [-0.25, -0.2) is 8.42 Å². The van der Waals surface area contributed by atoms with E-state index >= 15 is 0 Å². The fourth-order valence-electron chi connectivity index (χ4n) is 1.28. The SMILES string of the molecule is CS(=O)(=O)CC(=O)N1CC[C@@H](O)C1. The van der Waals surface area contributed by atoms with Crippen LogP contribution in [0, 0.1) is 0 Å². The summed E-state index contributed by atoms with van der Waals surface area (Å²) in [4.78, 5) is 12.6. The fraction of sp³-hybridized carbons (Fsp3) is 0.857. The highest BCUT2D eigenvalue weighted by Gasteiger charge is 2.26. The summed E-state index contributed by atoms with van der Waals surface area (Å²) in [6.07, 6.45) is 1.07. The summed E-state index contributed by atoms with van der Waals surface area (Å²) in [5.41, 5.74) is 0. The number of likely N-dealkylation sites (tertiary alicyclic amines) is 1. The molecule has 0 spiro atoms. The van der Waals surface area contributed by atoms with Crippen molar-refractivity contribution in [3.63, 3.8) is 0 Å². The quantitative estimate of drug-likeness (QED) is 0.606. The van der Waals surface area contributed by atoms with Crippen LogP contribution < -0.4 is 0 Å². The minimum atomic E-state index is -3.25. The van der Waals surface area contributed by atoms with Gasteiger partial charge in [0.2, 0.25) is 5.91 Å². The number of β-amino-alcohol motifs (C(OH)–C–C–N with tert-alkyl or cyclic N) is 1. The number of hydrogen-bond acceptors (Lipinski definition) is 4. The number of aliphatic hydroxyl groups is 1. The molecule has 0 unspecified atom stereocenters. The lowest BCUT2D eigenvalue weighted by molar-refractivity contribution is -0.127. The first-order chi connectivity index (χ1) is 5.88. The monoisotopic (exact) mass is 207 g/mol. The molecule has 1 atom stereocenters. The van der Waals surface area contributed by atoms with E-state index in [1.165, 1.54) is 4.90 Å². The third-order valence-corrected chi connectivity index (χ3v) is 2.67. The average molecular weight is 207 g/mol. The van der Waals surface area contributed by atoms with Crippen LogP contribution in [0.5, 0.6) is 0 Å². The number of hydrogen-bond donors (Lipinski definition) is 1. The minimum absolute atomic E-state index is 0.258. The zero-order chi connectivity index (χ0) is 10.1. The highest BCUT2D eigenvalue weighted by atomic mass is 32.2. The Balaban J connectivity index is 2.50. The van der Waals surface area contributed by atoms with E-state index in [0.717, 1.165) is 6.26 Å². The summed E-state index contributed by atoms with van der Waals surface area (Å²) in [6.45, 7) is 0.712. The molecule has 0 aromatic heterocycles. The summed E-state index contributed by atoms with van der Waals surface area (Å²) < 4.78 is 21.5. The lowest BCUT2D eigenvalue weighted by atomic mass is 10.3. The largest absolute Gasteiger partial charge is 0.391 e. The van der Waals surface area contributed by atoms with Crippen LogP contribution in [-0.4, -0.2) is 55.5 Å². The Labute approximate surface area is 77.3 Å². The maximum atomic E-state index is 11.2. The van der Waals surface area contributed by atoms with Gasteiger partial charge >= 0.3 is 0 Å². The van der Waals surface area contributed by atoms with Gasteiger partial charge in [-0.1, -0.05) is 0 Å². The molecule has 0 aliphatic carbocycles. The molecule has 0 bridgehead atoms. The van der Waals surface area contributed by atoms with Gasteiger partial charge in [0.25, 0.3) is 0 Å². The van der Waals surface area contributed by atoms with Crippen molar-refractivity contribution in [1.29, 1.82) is 0 Å². The minimum Gasteiger partial charge on any atom is -0.391 e. The number of aliphatic hydroxyl groups excluding tert-OH is 1. The van der Waals surface area contributed by atoms with Crippen molar-refractivity contribution in [2.24, 2.45) is 0 Å². The maximum Gasteiger partial charge on any atom is 0.237 e. The van der Waals surface area contributed by atoms with E-state index in [-0.39, 0.29) is 6.54 Å². The maximum absolute atomic E-state index is 11.2. The molecular weight excluding hydrogens is 194 g/mol. The van der Waals surface area contributed by atoms with Crippen molar-refractivity contribution in [2.75, 3.05) is 25.1 Å². The molecular formula is C7H13NO4S. The van der Waals surface area contributed by atoms with E-state index in [9.17, 15) is 13.2 Å². The smallest absolute Gasteiger partial charge is 0.237 e. The van der Waals surface area contributed by atoms with Crippen molar-refractivity contribution in [3.05, 3.63) is 0 Å². The summed E-state index contributed by atoms with van der Waals surface area (Å²) in [5.74, 6) is -0.876. The highest BCUT2D eigenvalue weighted by molar-refractivity contribution is 7.91. The van der Waals surface area contributed by atoms with Gasteiger partial charge in [-0.3, -0.25) is 4.79 Å². The molecule has 5 nitrogen and oxygen atoms in total. The zero-order valence-electron chi connectivity index (χ0n) is 7.43. The van der Waals surface area contributed by atoms with Crippen molar-refractivity contribution >= 4 is 15.7 Å². The van der Waals surface area contributed by atoms with Crippen LogP contribution in [0.25, 0.3) is 0 Å². The molecule has 1 fully saturated rings. The molecule has 1 heterocycles. The second-order valence-corrected chi connectivity index (χ2v) is 5.49. The van der Waals surface area contributed by atoms with E-state index in [0.29, 0.717) is 13.0 Å². The Hall–Kier alpha value is -0.620. The van der Waals surface area contributed by atoms with Gasteiger partial charge in [0.05, 0.1) is 6.10 Å². The molecule has 0 radical (unpaired) electrons. The number of nitrogens with zero attached hydrogens (tertiary/aromatic N) is 1. The lowest BCUT2D eigenvalue weighted by Gasteiger charge is -2.14. The first-order valence-corrected chi connectivity index (χ1v) is 6.08. The van der Waals surface area contributed by atoms with Crippen LogP contribution >= 0.6 is 0 Å². The summed E-state index contributed by atoms with van der Waals surface area (Å²) in [7, 11) is -3.25. The first kappa shape index (κ1) is 10.5. The zero-order valence-corrected chi connectivity index (χ0v) is 8.25. The lowest BCUT2D eigenvalue weighted by Crippen LogP contribution is -2.34. The van der Waals surface area contributed by atoms with E-state index in [1.807, 2.05) is 0 Å². The van der Waals surface area contributed by atoms with Crippen molar-refractivity contribution in [1.82, 2.24) is 4.90 Å². The highest BCUT2D eigenvalue weighted by Crippen LogP contribution is 2.09. The Morgan fingerprint density at radius 2 is 2.23 bits per heavy atom. The van der Waals surface area contributed by atoms with Gasteiger partial charge in [0.1, 0.15) is 5.75 Å². The standard InChI is InChI=1S/C7H13NO4S/c1-13(11,12)5-7(10)8-3-2-6(9)4-8/h6,9H,2-5H2,1H3/t6-/m1/s1. The van der Waals surface area contributed by atoms with E-state index in [1.54, 1.807) is 0 Å². The molecule has 1 aliphatic heterocycles. The van der Waals surface area contributed by atoms with Crippen molar-refractivity contribution in [2.45, 2.75) is 12.5 Å². The summed E-state index contributed by atoms with van der Waals surface area (Å²) >= 11 is 0. The van der Waals surface area contributed by atoms with Crippen molar-refractivity contribution in [3.8, 4) is 0 Å². The van der Waals surface area contributed by atoms with Gasteiger partial charge in [0.15, 0.2) is 9.84 Å².